The molecular formula is C10H12ClF2NO. The third-order valence-corrected chi connectivity index (χ3v) is 2.46. The van der Waals surface area contributed by atoms with Crippen molar-refractivity contribution in [1.82, 2.24) is 0 Å². The molecular weight excluding hydrogens is 224 g/mol. The summed E-state index contributed by atoms with van der Waals surface area (Å²) in [5.74, 6) is -0.770. The summed E-state index contributed by atoms with van der Waals surface area (Å²) in [4.78, 5) is 0. The highest BCUT2D eigenvalue weighted by Crippen LogP contribution is 2.35. The van der Waals surface area contributed by atoms with E-state index in [1.165, 1.54) is 7.11 Å². The molecule has 1 aromatic carbocycles. The number of hydrogen-bond acceptors (Lipinski definition) is 2. The van der Waals surface area contributed by atoms with Crippen LogP contribution in [0.25, 0.3) is 0 Å². The SMILES string of the molecule is COc1c(Cl)cccc1C(CN)C(F)F. The molecule has 0 heterocycles. The van der Waals surface area contributed by atoms with Crippen LogP contribution in [-0.4, -0.2) is 20.1 Å². The molecule has 0 aliphatic rings. The number of nitrogens with two attached hydrogens (primary N) is 1. The van der Waals surface area contributed by atoms with Crippen LogP contribution in [0.4, 0.5) is 8.78 Å². The van der Waals surface area contributed by atoms with Gasteiger partial charge in [0.05, 0.1) is 18.1 Å². The molecule has 5 heteroatoms. The van der Waals surface area contributed by atoms with Gasteiger partial charge in [-0.1, -0.05) is 23.7 Å². The Hall–Kier alpha value is -0.870. The summed E-state index contributed by atoms with van der Waals surface area (Å²) in [5, 5.41) is 0.314. The highest BCUT2D eigenvalue weighted by molar-refractivity contribution is 6.32. The normalized spacial score (nSPS) is 12.9. The summed E-state index contributed by atoms with van der Waals surface area (Å²) < 4.78 is 30.3. The molecule has 0 aliphatic carbocycles. The third-order valence-electron chi connectivity index (χ3n) is 2.16. The van der Waals surface area contributed by atoms with Gasteiger partial charge in [0.25, 0.3) is 0 Å². The van der Waals surface area contributed by atoms with Gasteiger partial charge in [-0.25, -0.2) is 8.78 Å². The number of alkyl halides is 2. The van der Waals surface area contributed by atoms with E-state index in [0.717, 1.165) is 0 Å². The second-order valence-electron chi connectivity index (χ2n) is 3.04. The number of benzene rings is 1. The van der Waals surface area contributed by atoms with Crippen molar-refractivity contribution in [2.24, 2.45) is 5.73 Å². The largest absolute Gasteiger partial charge is 0.495 e. The van der Waals surface area contributed by atoms with E-state index >= 15 is 0 Å². The third kappa shape index (κ3) is 2.58. The van der Waals surface area contributed by atoms with E-state index in [1.54, 1.807) is 18.2 Å². The van der Waals surface area contributed by atoms with Crippen molar-refractivity contribution in [2.75, 3.05) is 13.7 Å². The Kier molecular flexibility index (Phi) is 4.29. The molecule has 1 aromatic rings. The monoisotopic (exact) mass is 235 g/mol. The van der Waals surface area contributed by atoms with E-state index < -0.39 is 12.3 Å². The Morgan fingerprint density at radius 1 is 1.47 bits per heavy atom. The van der Waals surface area contributed by atoms with E-state index in [-0.39, 0.29) is 12.3 Å². The Bertz CT molecular complexity index is 333. The average Bonchev–Trinajstić information content (AvgIpc) is 2.18. The Balaban J connectivity index is 3.16. The van der Waals surface area contributed by atoms with Crippen LogP contribution in [0.1, 0.15) is 11.5 Å². The minimum atomic E-state index is -2.53. The first-order valence-electron chi connectivity index (χ1n) is 4.42. The number of halogens is 3. The van der Waals surface area contributed by atoms with Crippen molar-refractivity contribution >= 4 is 11.6 Å². The molecule has 2 N–H and O–H groups in total. The van der Waals surface area contributed by atoms with Gasteiger partial charge in [-0.3, -0.25) is 0 Å². The first-order valence-corrected chi connectivity index (χ1v) is 4.80. The molecule has 1 atom stereocenters. The summed E-state index contributed by atoms with van der Waals surface area (Å²) >= 11 is 5.82. The molecule has 2 nitrogen and oxygen atoms in total. The minimum Gasteiger partial charge on any atom is -0.495 e. The highest BCUT2D eigenvalue weighted by Gasteiger charge is 2.24. The lowest BCUT2D eigenvalue weighted by atomic mass is 9.99. The lowest BCUT2D eigenvalue weighted by molar-refractivity contribution is 0.116. The first kappa shape index (κ1) is 12.2. The molecule has 0 fully saturated rings. The van der Waals surface area contributed by atoms with Crippen LogP contribution in [0, 0.1) is 0 Å². The molecule has 1 unspecified atom stereocenters. The minimum absolute atomic E-state index is 0.144. The Morgan fingerprint density at radius 2 is 2.13 bits per heavy atom. The van der Waals surface area contributed by atoms with Crippen LogP contribution >= 0.6 is 11.6 Å². The quantitative estimate of drug-likeness (QED) is 0.871. The number of para-hydroxylation sites is 1. The molecule has 0 saturated heterocycles. The average molecular weight is 236 g/mol. The molecule has 0 aromatic heterocycles. The molecule has 0 bridgehead atoms. The summed E-state index contributed by atoms with van der Waals surface area (Å²) in [5.41, 5.74) is 5.65. The number of methoxy groups -OCH3 is 1. The zero-order valence-electron chi connectivity index (χ0n) is 8.21. The number of ether oxygens (including phenoxy) is 1. The summed E-state index contributed by atoms with van der Waals surface area (Å²) in [6, 6.07) is 4.74. The van der Waals surface area contributed by atoms with Gasteiger partial charge in [0.2, 0.25) is 6.43 Å². The van der Waals surface area contributed by atoms with E-state index in [0.29, 0.717) is 10.6 Å². The lowest BCUT2D eigenvalue weighted by Gasteiger charge is -2.17. The van der Waals surface area contributed by atoms with Crippen molar-refractivity contribution < 1.29 is 13.5 Å². The fourth-order valence-electron chi connectivity index (χ4n) is 1.40. The van der Waals surface area contributed by atoms with Crippen molar-refractivity contribution in [2.45, 2.75) is 12.3 Å². The molecule has 0 aliphatic heterocycles. The van der Waals surface area contributed by atoms with E-state index in [9.17, 15) is 8.78 Å². The molecule has 1 rings (SSSR count). The summed E-state index contributed by atoms with van der Waals surface area (Å²) in [7, 11) is 1.39. The molecule has 0 radical (unpaired) electrons. The fourth-order valence-corrected chi connectivity index (χ4v) is 1.66. The number of hydrogen-bond donors (Lipinski definition) is 1. The van der Waals surface area contributed by atoms with E-state index in [4.69, 9.17) is 22.1 Å². The van der Waals surface area contributed by atoms with Gasteiger partial charge < -0.3 is 10.5 Å². The van der Waals surface area contributed by atoms with Crippen molar-refractivity contribution in [3.8, 4) is 5.75 Å². The standard InChI is InChI=1S/C10H12ClF2NO/c1-15-9-6(3-2-4-8(9)11)7(5-14)10(12)13/h2-4,7,10H,5,14H2,1H3. The maximum Gasteiger partial charge on any atom is 0.246 e. The highest BCUT2D eigenvalue weighted by atomic mass is 35.5. The molecule has 84 valence electrons. The van der Waals surface area contributed by atoms with Gasteiger partial charge in [-0.15, -0.1) is 0 Å². The van der Waals surface area contributed by atoms with Crippen molar-refractivity contribution in [3.05, 3.63) is 28.8 Å². The predicted molar refractivity (Wildman–Crippen MR) is 55.8 cm³/mol. The van der Waals surface area contributed by atoms with Crippen LogP contribution in [0.15, 0.2) is 18.2 Å². The van der Waals surface area contributed by atoms with Crippen molar-refractivity contribution in [3.63, 3.8) is 0 Å². The van der Waals surface area contributed by atoms with Crippen LogP contribution in [0.2, 0.25) is 5.02 Å². The Labute approximate surface area is 92.0 Å². The van der Waals surface area contributed by atoms with E-state index in [2.05, 4.69) is 0 Å². The van der Waals surface area contributed by atoms with Gasteiger partial charge in [-0.2, -0.15) is 0 Å². The maximum atomic E-state index is 12.7. The van der Waals surface area contributed by atoms with Gasteiger partial charge in [0.15, 0.2) is 0 Å². The zero-order chi connectivity index (χ0) is 11.4. The molecule has 15 heavy (non-hydrogen) atoms. The van der Waals surface area contributed by atoms with Crippen LogP contribution in [0.3, 0.4) is 0 Å². The topological polar surface area (TPSA) is 35.2 Å². The lowest BCUT2D eigenvalue weighted by Crippen LogP contribution is -2.20. The molecule has 0 amide bonds. The second kappa shape index (κ2) is 5.28. The van der Waals surface area contributed by atoms with Gasteiger partial charge >= 0.3 is 0 Å². The van der Waals surface area contributed by atoms with E-state index in [1.807, 2.05) is 0 Å². The molecule has 0 spiro atoms. The fraction of sp³-hybridized carbons (Fsp3) is 0.400. The first-order chi connectivity index (χ1) is 7.11. The Morgan fingerprint density at radius 3 is 2.60 bits per heavy atom. The second-order valence-corrected chi connectivity index (χ2v) is 3.45. The van der Waals surface area contributed by atoms with Crippen LogP contribution in [-0.2, 0) is 0 Å². The molecule has 0 saturated carbocycles. The van der Waals surface area contributed by atoms with Gasteiger partial charge in [0, 0.05) is 12.1 Å². The maximum absolute atomic E-state index is 12.7. The smallest absolute Gasteiger partial charge is 0.246 e. The van der Waals surface area contributed by atoms with Crippen LogP contribution < -0.4 is 10.5 Å². The predicted octanol–water partition coefficient (Wildman–Crippen LogP) is 2.66. The van der Waals surface area contributed by atoms with Gasteiger partial charge in [0.1, 0.15) is 5.75 Å². The van der Waals surface area contributed by atoms with Gasteiger partial charge in [-0.05, 0) is 6.07 Å². The van der Waals surface area contributed by atoms with Crippen molar-refractivity contribution in [1.29, 1.82) is 0 Å². The number of rotatable bonds is 4. The van der Waals surface area contributed by atoms with Crippen LogP contribution in [0.5, 0.6) is 5.75 Å². The zero-order valence-corrected chi connectivity index (χ0v) is 8.97. The summed E-state index contributed by atoms with van der Waals surface area (Å²) in [6.07, 6.45) is -2.53. The summed E-state index contributed by atoms with van der Waals surface area (Å²) in [6.45, 7) is -0.144.